The van der Waals surface area contributed by atoms with Gasteiger partial charge < -0.3 is 14.8 Å². The zero-order valence-electron chi connectivity index (χ0n) is 13.0. The highest BCUT2D eigenvalue weighted by atomic mass is 16.5. The van der Waals surface area contributed by atoms with Crippen LogP contribution < -0.4 is 14.8 Å². The smallest absolute Gasteiger partial charge is 0.226 e. The van der Waals surface area contributed by atoms with E-state index in [9.17, 15) is 4.79 Å². The molecule has 2 aromatic rings. The van der Waals surface area contributed by atoms with E-state index in [0.29, 0.717) is 23.7 Å². The Hall–Kier alpha value is -2.94. The van der Waals surface area contributed by atoms with Crippen LogP contribution in [0.3, 0.4) is 0 Å². The molecular formula is C17H17N3O3. The van der Waals surface area contributed by atoms with Crippen LogP contribution in [0.1, 0.15) is 29.2 Å². The first-order valence-electron chi connectivity index (χ1n) is 7.23. The van der Waals surface area contributed by atoms with E-state index in [1.807, 2.05) is 25.1 Å². The molecule has 2 N–H and O–H groups in total. The summed E-state index contributed by atoms with van der Waals surface area (Å²) in [6, 6.07) is 5.62. The minimum absolute atomic E-state index is 0.0550. The van der Waals surface area contributed by atoms with Crippen LogP contribution in [0.15, 0.2) is 18.2 Å². The molecule has 1 aliphatic rings. The van der Waals surface area contributed by atoms with Crippen LogP contribution in [0.25, 0.3) is 0 Å². The summed E-state index contributed by atoms with van der Waals surface area (Å²) >= 11 is 0. The number of carbonyl (C=O) groups is 1. The van der Waals surface area contributed by atoms with Crippen molar-refractivity contribution < 1.29 is 14.3 Å². The highest BCUT2D eigenvalue weighted by molar-refractivity contribution is 5.94. The van der Waals surface area contributed by atoms with Gasteiger partial charge in [-0.15, -0.1) is 6.42 Å². The van der Waals surface area contributed by atoms with Crippen LogP contribution in [-0.4, -0.2) is 29.8 Å². The maximum atomic E-state index is 11.9. The van der Waals surface area contributed by atoms with E-state index in [1.54, 1.807) is 7.11 Å². The number of fused-ring (bicyclic) bond motifs is 1. The number of nitrogens with one attached hydrogen (secondary N) is 2. The van der Waals surface area contributed by atoms with E-state index < -0.39 is 0 Å². The lowest BCUT2D eigenvalue weighted by molar-refractivity contribution is -0.116. The van der Waals surface area contributed by atoms with Crippen LogP contribution in [-0.2, 0) is 4.79 Å². The van der Waals surface area contributed by atoms with Crippen molar-refractivity contribution in [3.63, 3.8) is 0 Å². The number of ether oxygens (including phenoxy) is 2. The largest absolute Gasteiger partial charge is 0.493 e. The molecule has 118 valence electrons. The number of carbonyl (C=O) groups excluding carboxylic acids is 1. The average Bonchev–Trinajstić information content (AvgIpc) is 2.93. The minimum Gasteiger partial charge on any atom is -0.493 e. The van der Waals surface area contributed by atoms with Gasteiger partial charge >= 0.3 is 0 Å². The van der Waals surface area contributed by atoms with Crippen molar-refractivity contribution >= 4 is 11.7 Å². The van der Waals surface area contributed by atoms with Gasteiger partial charge in [0, 0.05) is 23.6 Å². The molecule has 0 saturated carbocycles. The number of rotatable bonds is 4. The van der Waals surface area contributed by atoms with Gasteiger partial charge in [0.05, 0.1) is 7.11 Å². The number of nitrogens with zero attached hydrogens (tertiary/aromatic N) is 1. The molecule has 0 saturated heterocycles. The second-order valence-corrected chi connectivity index (χ2v) is 5.32. The molecule has 23 heavy (non-hydrogen) atoms. The van der Waals surface area contributed by atoms with E-state index in [2.05, 4.69) is 21.4 Å². The van der Waals surface area contributed by atoms with Crippen LogP contribution in [0.4, 0.5) is 5.82 Å². The van der Waals surface area contributed by atoms with Crippen LogP contribution in [0.2, 0.25) is 0 Å². The van der Waals surface area contributed by atoms with E-state index in [4.69, 9.17) is 15.9 Å². The van der Waals surface area contributed by atoms with Crippen molar-refractivity contribution in [2.24, 2.45) is 0 Å². The second kappa shape index (κ2) is 6.05. The quantitative estimate of drug-likeness (QED) is 0.849. The number of anilines is 1. The Kier molecular flexibility index (Phi) is 3.94. The number of amides is 1. The van der Waals surface area contributed by atoms with Gasteiger partial charge in [-0.25, -0.2) is 0 Å². The van der Waals surface area contributed by atoms with Gasteiger partial charge in [0.15, 0.2) is 17.3 Å². The molecule has 0 radical (unpaired) electrons. The summed E-state index contributed by atoms with van der Waals surface area (Å²) in [5.41, 5.74) is 2.91. The summed E-state index contributed by atoms with van der Waals surface area (Å²) in [5.74, 6) is 4.06. The monoisotopic (exact) mass is 311 g/mol. The molecule has 1 atom stereocenters. The van der Waals surface area contributed by atoms with Crippen molar-refractivity contribution in [3.05, 3.63) is 35.0 Å². The van der Waals surface area contributed by atoms with Gasteiger partial charge in [-0.2, -0.15) is 5.10 Å². The highest BCUT2D eigenvalue weighted by Crippen LogP contribution is 2.40. The van der Waals surface area contributed by atoms with Gasteiger partial charge in [-0.1, -0.05) is 12.0 Å². The third-order valence-corrected chi connectivity index (χ3v) is 3.89. The maximum Gasteiger partial charge on any atom is 0.226 e. The molecule has 1 aliphatic heterocycles. The summed E-state index contributed by atoms with van der Waals surface area (Å²) in [6.45, 7) is 2.12. The standard InChI is InChI=1S/C17H17N3O3/c1-4-7-23-13-6-5-11(8-14(13)22-3)12-9-15(21)18-17-16(12)10(2)19-20-17/h1,5-6,8,12H,7,9H2,2-3H3,(H2,18,19,20,21). The number of methoxy groups -OCH3 is 1. The molecule has 0 bridgehead atoms. The first-order chi connectivity index (χ1) is 11.1. The van der Waals surface area contributed by atoms with E-state index in [-0.39, 0.29) is 18.4 Å². The van der Waals surface area contributed by atoms with Crippen molar-refractivity contribution in [3.8, 4) is 23.8 Å². The molecule has 0 fully saturated rings. The van der Waals surface area contributed by atoms with Crippen molar-refractivity contribution in [1.82, 2.24) is 10.2 Å². The predicted molar refractivity (Wildman–Crippen MR) is 85.7 cm³/mol. The summed E-state index contributed by atoms with van der Waals surface area (Å²) in [6.07, 6.45) is 5.58. The van der Waals surface area contributed by atoms with Gasteiger partial charge in [0.25, 0.3) is 0 Å². The number of H-pyrrole nitrogens is 1. The molecule has 0 aliphatic carbocycles. The first kappa shape index (κ1) is 15.0. The van der Waals surface area contributed by atoms with Gasteiger partial charge in [-0.3, -0.25) is 9.89 Å². The van der Waals surface area contributed by atoms with Crippen LogP contribution in [0, 0.1) is 19.3 Å². The van der Waals surface area contributed by atoms with E-state index in [0.717, 1.165) is 16.8 Å². The zero-order valence-corrected chi connectivity index (χ0v) is 13.0. The normalized spacial score (nSPS) is 16.2. The third kappa shape index (κ3) is 2.73. The summed E-state index contributed by atoms with van der Waals surface area (Å²) in [7, 11) is 1.57. The number of benzene rings is 1. The van der Waals surface area contributed by atoms with Gasteiger partial charge in [0.2, 0.25) is 5.91 Å². The number of terminal acetylenes is 1. The fourth-order valence-electron chi connectivity index (χ4n) is 2.85. The molecule has 1 aromatic carbocycles. The molecular weight excluding hydrogens is 294 g/mol. The average molecular weight is 311 g/mol. The highest BCUT2D eigenvalue weighted by Gasteiger charge is 2.30. The molecule has 3 rings (SSSR count). The number of aryl methyl sites for hydroxylation is 1. The molecule has 1 aromatic heterocycles. The Labute approximate surface area is 134 Å². The topological polar surface area (TPSA) is 76.2 Å². The lowest BCUT2D eigenvalue weighted by atomic mass is 9.85. The summed E-state index contributed by atoms with van der Waals surface area (Å²) in [5, 5.41) is 9.86. The molecule has 1 unspecified atom stereocenters. The lowest BCUT2D eigenvalue weighted by Gasteiger charge is -2.23. The Morgan fingerprint density at radius 3 is 3.00 bits per heavy atom. The molecule has 1 amide bonds. The van der Waals surface area contributed by atoms with Crippen molar-refractivity contribution in [2.75, 3.05) is 19.0 Å². The van der Waals surface area contributed by atoms with Gasteiger partial charge in [-0.05, 0) is 24.6 Å². The number of hydrogen-bond donors (Lipinski definition) is 2. The Morgan fingerprint density at radius 2 is 2.26 bits per heavy atom. The fraction of sp³-hybridized carbons (Fsp3) is 0.294. The number of hydrogen-bond acceptors (Lipinski definition) is 4. The Balaban J connectivity index is 2.00. The first-order valence-corrected chi connectivity index (χ1v) is 7.23. The third-order valence-electron chi connectivity index (χ3n) is 3.89. The maximum absolute atomic E-state index is 11.9. The van der Waals surface area contributed by atoms with Gasteiger partial charge in [0.1, 0.15) is 6.61 Å². The molecule has 6 heteroatoms. The minimum atomic E-state index is -0.0758. The number of aromatic amines is 1. The van der Waals surface area contributed by atoms with Crippen molar-refractivity contribution in [1.29, 1.82) is 0 Å². The van der Waals surface area contributed by atoms with Crippen LogP contribution in [0.5, 0.6) is 11.5 Å². The second-order valence-electron chi connectivity index (χ2n) is 5.32. The molecule has 0 spiro atoms. The van der Waals surface area contributed by atoms with E-state index in [1.165, 1.54) is 0 Å². The number of aromatic nitrogens is 2. The summed E-state index contributed by atoms with van der Waals surface area (Å²) in [4.78, 5) is 11.9. The molecule has 6 nitrogen and oxygen atoms in total. The predicted octanol–water partition coefficient (Wildman–Crippen LogP) is 2.21. The van der Waals surface area contributed by atoms with Crippen molar-refractivity contribution in [2.45, 2.75) is 19.3 Å². The Morgan fingerprint density at radius 1 is 1.43 bits per heavy atom. The van der Waals surface area contributed by atoms with E-state index >= 15 is 0 Å². The lowest BCUT2D eigenvalue weighted by Crippen LogP contribution is -2.23. The molecule has 2 heterocycles. The SMILES string of the molecule is C#CCOc1ccc(C2CC(=O)Nc3n[nH]c(C)c32)cc1OC. The Bertz CT molecular complexity index is 789. The summed E-state index contributed by atoms with van der Waals surface area (Å²) < 4.78 is 10.8. The zero-order chi connectivity index (χ0) is 16.4. The fourth-order valence-corrected chi connectivity index (χ4v) is 2.85. The van der Waals surface area contributed by atoms with Crippen LogP contribution >= 0.6 is 0 Å².